The van der Waals surface area contributed by atoms with Crippen molar-refractivity contribution in [2.24, 2.45) is 11.8 Å². The van der Waals surface area contributed by atoms with Gasteiger partial charge in [0.15, 0.2) is 0 Å². The minimum Gasteiger partial charge on any atom is -0.385 e. The van der Waals surface area contributed by atoms with Gasteiger partial charge in [-0.3, -0.25) is 9.78 Å². The number of aliphatic hydroxyl groups is 1. The quantitative estimate of drug-likeness (QED) is 0.564. The fourth-order valence-corrected chi connectivity index (χ4v) is 4.54. The average molecular weight is 427 g/mol. The van der Waals surface area contributed by atoms with E-state index < -0.39 is 5.60 Å². The summed E-state index contributed by atoms with van der Waals surface area (Å²) in [4.78, 5) is 17.0. The zero-order chi connectivity index (χ0) is 21.3. The molecule has 1 aliphatic rings. The van der Waals surface area contributed by atoms with Gasteiger partial charge in [-0.1, -0.05) is 18.5 Å². The molecule has 3 aromatic rings. The first kappa shape index (κ1) is 20.8. The summed E-state index contributed by atoms with van der Waals surface area (Å²) in [5, 5.41) is 15.6. The van der Waals surface area contributed by atoms with Gasteiger partial charge in [-0.15, -0.1) is 0 Å². The third-order valence-corrected chi connectivity index (χ3v) is 6.55. The van der Waals surface area contributed by atoms with Crippen molar-refractivity contribution >= 4 is 34.1 Å². The van der Waals surface area contributed by atoms with Crippen LogP contribution >= 0.6 is 11.6 Å². The number of hydrogen-bond acceptors (Lipinski definition) is 3. The molecule has 0 bridgehead atoms. The number of nitrogens with one attached hydrogen (secondary N) is 1. The third-order valence-electron chi connectivity index (χ3n) is 6.29. The van der Waals surface area contributed by atoms with Crippen LogP contribution in [-0.2, 0) is 10.4 Å². The van der Waals surface area contributed by atoms with E-state index in [0.717, 1.165) is 0 Å². The maximum atomic E-state index is 13.8. The summed E-state index contributed by atoms with van der Waals surface area (Å²) in [6, 6.07) is 13.3. The van der Waals surface area contributed by atoms with Crippen LogP contribution in [0, 0.1) is 17.7 Å². The SMILES string of the molecule is C[C@H](C(=O)Nc1ccc(Cl)cc1)C1CCC(O)(c2ccnc3ccc(F)cc23)CC1. The van der Waals surface area contributed by atoms with Gasteiger partial charge in [0.2, 0.25) is 5.91 Å². The second-order valence-electron chi connectivity index (χ2n) is 8.17. The van der Waals surface area contributed by atoms with Crippen molar-refractivity contribution in [2.45, 2.75) is 38.2 Å². The smallest absolute Gasteiger partial charge is 0.227 e. The summed E-state index contributed by atoms with van der Waals surface area (Å²) in [6.07, 6.45) is 4.12. The van der Waals surface area contributed by atoms with Gasteiger partial charge in [-0.2, -0.15) is 0 Å². The summed E-state index contributed by atoms with van der Waals surface area (Å²) in [5.41, 5.74) is 1.05. The van der Waals surface area contributed by atoms with Crippen LogP contribution < -0.4 is 5.32 Å². The van der Waals surface area contributed by atoms with E-state index in [4.69, 9.17) is 11.6 Å². The van der Waals surface area contributed by atoms with Gasteiger partial charge >= 0.3 is 0 Å². The summed E-state index contributed by atoms with van der Waals surface area (Å²) < 4.78 is 13.8. The number of pyridine rings is 1. The molecule has 1 fully saturated rings. The van der Waals surface area contributed by atoms with Crippen molar-refractivity contribution in [1.29, 1.82) is 0 Å². The Balaban J connectivity index is 1.46. The van der Waals surface area contributed by atoms with E-state index in [1.54, 1.807) is 42.6 Å². The highest BCUT2D eigenvalue weighted by molar-refractivity contribution is 6.30. The molecule has 0 unspecified atom stereocenters. The highest BCUT2D eigenvalue weighted by atomic mass is 35.5. The molecule has 2 aromatic carbocycles. The molecule has 4 nitrogen and oxygen atoms in total. The average Bonchev–Trinajstić information content (AvgIpc) is 2.75. The first-order valence-corrected chi connectivity index (χ1v) is 10.6. The van der Waals surface area contributed by atoms with E-state index in [-0.39, 0.29) is 23.6 Å². The second-order valence-corrected chi connectivity index (χ2v) is 8.61. The lowest BCUT2D eigenvalue weighted by molar-refractivity contribution is -0.122. The minimum atomic E-state index is -1.04. The van der Waals surface area contributed by atoms with E-state index in [2.05, 4.69) is 10.3 Å². The fraction of sp³-hybridized carbons (Fsp3) is 0.333. The molecule has 30 heavy (non-hydrogen) atoms. The van der Waals surface area contributed by atoms with Crippen molar-refractivity contribution in [3.05, 3.63) is 71.1 Å². The van der Waals surface area contributed by atoms with E-state index in [1.165, 1.54) is 12.1 Å². The Labute approximate surface area is 180 Å². The normalized spacial score (nSPS) is 22.6. The lowest BCUT2D eigenvalue weighted by Gasteiger charge is -2.38. The van der Waals surface area contributed by atoms with Crippen molar-refractivity contribution in [3.63, 3.8) is 0 Å². The molecule has 1 heterocycles. The predicted octanol–water partition coefficient (Wildman–Crippen LogP) is 5.68. The number of rotatable bonds is 4. The van der Waals surface area contributed by atoms with Crippen LogP contribution in [0.2, 0.25) is 5.02 Å². The topological polar surface area (TPSA) is 62.2 Å². The maximum absolute atomic E-state index is 13.8. The number of aromatic nitrogens is 1. The molecule has 1 aliphatic carbocycles. The van der Waals surface area contributed by atoms with Gasteiger partial charge in [0.25, 0.3) is 0 Å². The number of anilines is 1. The standard InChI is InChI=1S/C24H24ClFN2O2/c1-15(23(29)28-19-5-2-17(25)3-6-19)16-8-11-24(30,12-9-16)21-10-13-27-22-7-4-18(26)14-20(21)22/h2-7,10,13-16,30H,8-9,11-12H2,1H3,(H,28,29)/t15-,16?,24?/m0/s1. The molecule has 156 valence electrons. The molecular formula is C24H24ClFN2O2. The van der Waals surface area contributed by atoms with Gasteiger partial charge in [0.1, 0.15) is 5.82 Å². The van der Waals surface area contributed by atoms with E-state index >= 15 is 0 Å². The van der Waals surface area contributed by atoms with E-state index in [0.29, 0.717) is 52.9 Å². The lowest BCUT2D eigenvalue weighted by Crippen LogP contribution is -2.36. The van der Waals surface area contributed by atoms with Gasteiger partial charge in [0.05, 0.1) is 11.1 Å². The molecule has 0 aliphatic heterocycles. The molecule has 0 spiro atoms. The molecule has 4 rings (SSSR count). The fourth-order valence-electron chi connectivity index (χ4n) is 4.41. The van der Waals surface area contributed by atoms with Gasteiger partial charge in [-0.05, 0) is 85.7 Å². The highest BCUT2D eigenvalue weighted by Crippen LogP contribution is 2.44. The predicted molar refractivity (Wildman–Crippen MR) is 117 cm³/mol. The Morgan fingerprint density at radius 3 is 2.60 bits per heavy atom. The largest absolute Gasteiger partial charge is 0.385 e. The number of nitrogens with zero attached hydrogens (tertiary/aromatic N) is 1. The van der Waals surface area contributed by atoms with E-state index in [9.17, 15) is 14.3 Å². The van der Waals surface area contributed by atoms with Crippen molar-refractivity contribution < 1.29 is 14.3 Å². The number of fused-ring (bicyclic) bond motifs is 1. The summed E-state index contributed by atoms with van der Waals surface area (Å²) in [6.45, 7) is 1.93. The monoisotopic (exact) mass is 426 g/mol. The Morgan fingerprint density at radius 1 is 1.20 bits per heavy atom. The minimum absolute atomic E-state index is 0.0378. The first-order valence-electron chi connectivity index (χ1n) is 10.2. The number of carbonyl (C=O) groups excluding carboxylic acids is 1. The molecule has 1 aromatic heterocycles. The van der Waals surface area contributed by atoms with Gasteiger partial charge < -0.3 is 10.4 Å². The molecule has 0 radical (unpaired) electrons. The maximum Gasteiger partial charge on any atom is 0.227 e. The van der Waals surface area contributed by atoms with Crippen LogP contribution in [0.1, 0.15) is 38.2 Å². The molecular weight excluding hydrogens is 403 g/mol. The van der Waals surface area contributed by atoms with Crippen LogP contribution in [0.15, 0.2) is 54.7 Å². The summed E-state index contributed by atoms with van der Waals surface area (Å²) >= 11 is 5.89. The Bertz CT molecular complexity index is 1060. The molecule has 2 N–H and O–H groups in total. The zero-order valence-corrected chi connectivity index (χ0v) is 17.5. The first-order chi connectivity index (χ1) is 14.4. The summed E-state index contributed by atoms with van der Waals surface area (Å²) in [7, 11) is 0. The van der Waals surface area contributed by atoms with Crippen molar-refractivity contribution in [1.82, 2.24) is 4.98 Å². The summed E-state index contributed by atoms with van der Waals surface area (Å²) in [5.74, 6) is -0.398. The van der Waals surface area contributed by atoms with Crippen LogP contribution in [-0.4, -0.2) is 16.0 Å². The Kier molecular flexibility index (Phi) is 5.76. The van der Waals surface area contributed by atoms with Crippen LogP contribution in [0.4, 0.5) is 10.1 Å². The van der Waals surface area contributed by atoms with Gasteiger partial charge in [-0.25, -0.2) is 4.39 Å². The van der Waals surface area contributed by atoms with Crippen LogP contribution in [0.5, 0.6) is 0 Å². The molecule has 1 amide bonds. The lowest BCUT2D eigenvalue weighted by atomic mass is 9.71. The van der Waals surface area contributed by atoms with Gasteiger partial charge in [0, 0.05) is 28.2 Å². The molecule has 0 saturated heterocycles. The number of carbonyl (C=O) groups is 1. The number of hydrogen-bond donors (Lipinski definition) is 2. The molecule has 1 saturated carbocycles. The zero-order valence-electron chi connectivity index (χ0n) is 16.7. The van der Waals surface area contributed by atoms with Crippen molar-refractivity contribution in [2.75, 3.05) is 5.32 Å². The molecule has 1 atom stereocenters. The van der Waals surface area contributed by atoms with Crippen LogP contribution in [0.25, 0.3) is 10.9 Å². The van der Waals surface area contributed by atoms with Crippen LogP contribution in [0.3, 0.4) is 0 Å². The number of halogens is 2. The highest BCUT2D eigenvalue weighted by Gasteiger charge is 2.38. The molecule has 6 heteroatoms. The number of amides is 1. The Hall–Kier alpha value is -2.50. The van der Waals surface area contributed by atoms with Crippen molar-refractivity contribution in [3.8, 4) is 0 Å². The number of benzene rings is 2. The second kappa shape index (κ2) is 8.32. The Morgan fingerprint density at radius 2 is 1.90 bits per heavy atom. The third kappa shape index (κ3) is 4.18. The van der Waals surface area contributed by atoms with E-state index in [1.807, 2.05) is 6.92 Å².